The number of carbonyl (C=O) groups excluding carboxylic acids is 1. The minimum absolute atomic E-state index is 0.112. The van der Waals surface area contributed by atoms with Gasteiger partial charge in [-0.2, -0.15) is 8.78 Å². The number of aromatic nitrogens is 1. The Hall–Kier alpha value is -3.39. The molecule has 36 heavy (non-hydrogen) atoms. The molecular weight excluding hydrogens is 496 g/mol. The largest absolute Gasteiger partial charge is 0.487 e. The van der Waals surface area contributed by atoms with Gasteiger partial charge >= 0.3 is 12.3 Å². The van der Waals surface area contributed by atoms with E-state index in [1.165, 1.54) is 12.3 Å². The summed E-state index contributed by atoms with van der Waals surface area (Å²) in [4.78, 5) is 18.8. The van der Waals surface area contributed by atoms with E-state index in [4.69, 9.17) is 16.3 Å². The number of fused-ring (bicyclic) bond motifs is 3. The maximum atomic E-state index is 13.4. The lowest BCUT2D eigenvalue weighted by Gasteiger charge is -2.25. The van der Waals surface area contributed by atoms with E-state index in [1.54, 1.807) is 24.0 Å². The lowest BCUT2D eigenvalue weighted by atomic mass is 9.96. The van der Waals surface area contributed by atoms with Crippen LogP contribution in [-0.2, 0) is 6.54 Å². The van der Waals surface area contributed by atoms with Crippen molar-refractivity contribution in [2.45, 2.75) is 38.8 Å². The second kappa shape index (κ2) is 8.92. The molecule has 4 aromatic rings. The molecule has 1 aliphatic rings. The summed E-state index contributed by atoms with van der Waals surface area (Å²) >= 11 is 6.20. The van der Waals surface area contributed by atoms with Crippen LogP contribution in [-0.4, -0.2) is 34.7 Å². The molecule has 1 unspecified atom stereocenters. The van der Waals surface area contributed by atoms with E-state index in [0.717, 1.165) is 27.1 Å². The molecular formula is C27H21ClF4N2O2. The van der Waals surface area contributed by atoms with Crippen LogP contribution in [0.4, 0.5) is 17.6 Å². The molecule has 9 heteroatoms. The molecule has 1 aliphatic heterocycles. The van der Waals surface area contributed by atoms with Gasteiger partial charge in [0, 0.05) is 17.3 Å². The number of aryl methyl sites for hydroxylation is 1. The standard InChI is InChI=1S/C27H21ClF4N2O2/c1-14-21-11-19-9-16(15(2)34-12-22-20(25(34)35)7-8-33-24(22)28)3-4-17(19)10-18(21)5-6-23(14)36-13-27(31,32)26(29)30/h3-11,15,26H,12-13H2,1-2H3. The second-order valence-electron chi connectivity index (χ2n) is 8.96. The van der Waals surface area contributed by atoms with Crippen LogP contribution in [0.1, 0.15) is 40.0 Å². The third-order valence-electron chi connectivity index (χ3n) is 6.73. The molecule has 0 spiro atoms. The van der Waals surface area contributed by atoms with Crippen LogP contribution >= 0.6 is 11.6 Å². The second-order valence-corrected chi connectivity index (χ2v) is 9.31. The van der Waals surface area contributed by atoms with E-state index in [2.05, 4.69) is 4.98 Å². The number of nitrogens with zero attached hydrogens (tertiary/aromatic N) is 2. The van der Waals surface area contributed by atoms with E-state index in [-0.39, 0.29) is 17.7 Å². The maximum Gasteiger partial charge on any atom is 0.340 e. The van der Waals surface area contributed by atoms with Crippen molar-refractivity contribution in [1.82, 2.24) is 9.88 Å². The van der Waals surface area contributed by atoms with Crippen LogP contribution in [0.15, 0.2) is 54.7 Å². The Bertz CT molecular complexity index is 1510. The summed E-state index contributed by atoms with van der Waals surface area (Å²) in [5, 5.41) is 3.78. The average molecular weight is 517 g/mol. The summed E-state index contributed by atoms with van der Waals surface area (Å²) in [5.41, 5.74) is 2.75. The Kier molecular flexibility index (Phi) is 6.03. The van der Waals surface area contributed by atoms with Crippen LogP contribution in [0.5, 0.6) is 5.75 Å². The van der Waals surface area contributed by atoms with Gasteiger partial charge in [-0.25, -0.2) is 13.8 Å². The third kappa shape index (κ3) is 4.13. The van der Waals surface area contributed by atoms with E-state index >= 15 is 0 Å². The molecule has 186 valence electrons. The van der Waals surface area contributed by atoms with Crippen molar-refractivity contribution in [2.75, 3.05) is 6.61 Å². The van der Waals surface area contributed by atoms with Gasteiger partial charge in [0.25, 0.3) is 5.91 Å². The molecule has 4 nitrogen and oxygen atoms in total. The van der Waals surface area contributed by atoms with Crippen LogP contribution in [0.25, 0.3) is 21.5 Å². The fourth-order valence-corrected chi connectivity index (χ4v) is 4.80. The first kappa shape index (κ1) is 24.3. The molecule has 0 N–H and O–H groups in total. The van der Waals surface area contributed by atoms with Crippen LogP contribution in [0, 0.1) is 6.92 Å². The number of alkyl halides is 4. The number of hydrogen-bond donors (Lipinski definition) is 0. The van der Waals surface area contributed by atoms with E-state index < -0.39 is 19.0 Å². The SMILES string of the molecule is Cc1c(OCC(F)(F)C(F)F)ccc2cc3ccc(C(C)N4Cc5c(ccnc5Cl)C4=O)cc3cc12. The van der Waals surface area contributed by atoms with Crippen LogP contribution in [0.3, 0.4) is 0 Å². The maximum absolute atomic E-state index is 13.4. The van der Waals surface area contributed by atoms with Crippen LogP contribution < -0.4 is 4.74 Å². The number of halogens is 5. The number of carbonyl (C=O) groups is 1. The quantitative estimate of drug-likeness (QED) is 0.153. The van der Waals surface area contributed by atoms with Gasteiger partial charge in [0.05, 0.1) is 12.6 Å². The van der Waals surface area contributed by atoms with Crippen molar-refractivity contribution in [3.63, 3.8) is 0 Å². The summed E-state index contributed by atoms with van der Waals surface area (Å²) in [6.07, 6.45) is -2.28. The Morgan fingerprint density at radius 1 is 1.08 bits per heavy atom. The Balaban J connectivity index is 1.47. The fourth-order valence-electron chi connectivity index (χ4n) is 4.58. The molecule has 0 radical (unpaired) electrons. The minimum Gasteiger partial charge on any atom is -0.487 e. The number of ether oxygens (including phenoxy) is 1. The number of pyridine rings is 1. The summed E-state index contributed by atoms with van der Waals surface area (Å²) in [6, 6.07) is 14.4. The highest BCUT2D eigenvalue weighted by Crippen LogP contribution is 2.36. The number of hydrogen-bond acceptors (Lipinski definition) is 3. The summed E-state index contributed by atoms with van der Waals surface area (Å²) < 4.78 is 56.8. The smallest absolute Gasteiger partial charge is 0.340 e. The van der Waals surface area contributed by atoms with Crippen molar-refractivity contribution < 1.29 is 27.1 Å². The number of rotatable bonds is 6. The van der Waals surface area contributed by atoms with Gasteiger partial charge in [0.2, 0.25) is 0 Å². The zero-order chi connectivity index (χ0) is 25.8. The van der Waals surface area contributed by atoms with Gasteiger partial charge in [-0.15, -0.1) is 0 Å². The van der Waals surface area contributed by atoms with Gasteiger partial charge in [0.15, 0.2) is 6.61 Å². The zero-order valence-electron chi connectivity index (χ0n) is 19.4. The van der Waals surface area contributed by atoms with Crippen molar-refractivity contribution in [2.24, 2.45) is 0 Å². The van der Waals surface area contributed by atoms with Crippen molar-refractivity contribution >= 4 is 39.1 Å². The minimum atomic E-state index is -4.23. The van der Waals surface area contributed by atoms with Gasteiger partial charge in [0.1, 0.15) is 10.9 Å². The molecule has 3 aromatic carbocycles. The van der Waals surface area contributed by atoms with Crippen molar-refractivity contribution in [3.05, 3.63) is 82.1 Å². The molecule has 0 aliphatic carbocycles. The molecule has 2 heterocycles. The molecule has 1 aromatic heterocycles. The van der Waals surface area contributed by atoms with Crippen molar-refractivity contribution in [3.8, 4) is 5.75 Å². The first-order valence-electron chi connectivity index (χ1n) is 11.3. The molecule has 1 atom stereocenters. The Morgan fingerprint density at radius 2 is 1.83 bits per heavy atom. The highest BCUT2D eigenvalue weighted by atomic mass is 35.5. The number of amides is 1. The highest BCUT2D eigenvalue weighted by molar-refractivity contribution is 6.30. The fraction of sp³-hybridized carbons (Fsp3) is 0.259. The monoisotopic (exact) mass is 516 g/mol. The molecule has 5 rings (SSSR count). The predicted octanol–water partition coefficient (Wildman–Crippen LogP) is 7.35. The highest BCUT2D eigenvalue weighted by Gasteiger charge is 2.42. The van der Waals surface area contributed by atoms with Gasteiger partial charge in [-0.1, -0.05) is 29.8 Å². The van der Waals surface area contributed by atoms with E-state index in [0.29, 0.717) is 28.4 Å². The number of benzene rings is 3. The zero-order valence-corrected chi connectivity index (χ0v) is 20.1. The normalized spacial score (nSPS) is 14.7. The van der Waals surface area contributed by atoms with Crippen molar-refractivity contribution in [1.29, 1.82) is 0 Å². The predicted molar refractivity (Wildman–Crippen MR) is 130 cm³/mol. The Labute approximate surface area is 209 Å². The lowest BCUT2D eigenvalue weighted by molar-refractivity contribution is -0.148. The van der Waals surface area contributed by atoms with E-state index in [9.17, 15) is 22.4 Å². The lowest BCUT2D eigenvalue weighted by Crippen LogP contribution is -2.33. The van der Waals surface area contributed by atoms with Gasteiger partial charge in [-0.05, 0) is 76.9 Å². The van der Waals surface area contributed by atoms with Gasteiger partial charge in [-0.3, -0.25) is 4.79 Å². The molecule has 0 bridgehead atoms. The first-order chi connectivity index (χ1) is 17.1. The molecule has 0 fully saturated rings. The topological polar surface area (TPSA) is 42.4 Å². The average Bonchev–Trinajstić information content (AvgIpc) is 3.19. The summed E-state index contributed by atoms with van der Waals surface area (Å²) in [5.74, 6) is -4.22. The molecule has 0 saturated heterocycles. The van der Waals surface area contributed by atoms with E-state index in [1.807, 2.05) is 37.3 Å². The summed E-state index contributed by atoms with van der Waals surface area (Å²) in [6.45, 7) is 2.60. The molecule has 0 saturated carbocycles. The summed E-state index contributed by atoms with van der Waals surface area (Å²) in [7, 11) is 0. The first-order valence-corrected chi connectivity index (χ1v) is 11.6. The van der Waals surface area contributed by atoms with Crippen LogP contribution in [0.2, 0.25) is 5.15 Å². The molecule has 1 amide bonds. The third-order valence-corrected chi connectivity index (χ3v) is 7.06. The van der Waals surface area contributed by atoms with Gasteiger partial charge < -0.3 is 9.64 Å². The Morgan fingerprint density at radius 3 is 2.56 bits per heavy atom.